The van der Waals surface area contributed by atoms with Crippen molar-refractivity contribution in [2.24, 2.45) is 0 Å². The number of anilines is 1. The summed E-state index contributed by atoms with van der Waals surface area (Å²) >= 11 is 0. The fraction of sp³-hybridized carbons (Fsp3) is 0.125. The largest absolute Gasteiger partial charge is 0.451 e. The highest BCUT2D eigenvalue weighted by molar-refractivity contribution is 5.31. The molecule has 2 N–H and O–H groups in total. The van der Waals surface area contributed by atoms with Gasteiger partial charge >= 0.3 is 0 Å². The molecule has 0 aliphatic rings. The number of aromatic amines is 1. The Morgan fingerprint density at radius 2 is 2.43 bits per heavy atom. The second kappa shape index (κ2) is 3.73. The summed E-state index contributed by atoms with van der Waals surface area (Å²) in [7, 11) is 0. The molecule has 0 amide bonds. The highest BCUT2D eigenvalue weighted by atomic mass is 16.3. The van der Waals surface area contributed by atoms with Gasteiger partial charge in [0.05, 0.1) is 12.2 Å². The summed E-state index contributed by atoms with van der Waals surface area (Å²) in [6.45, 7) is 0.509. The lowest BCUT2D eigenvalue weighted by molar-refractivity contribution is 0.556. The molecule has 0 saturated heterocycles. The van der Waals surface area contributed by atoms with Gasteiger partial charge in [-0.2, -0.15) is 5.10 Å². The van der Waals surface area contributed by atoms with Crippen molar-refractivity contribution in [1.82, 2.24) is 15.2 Å². The van der Waals surface area contributed by atoms with Crippen molar-refractivity contribution in [3.8, 4) is 0 Å². The van der Waals surface area contributed by atoms with Crippen molar-refractivity contribution >= 4 is 5.82 Å². The summed E-state index contributed by atoms with van der Waals surface area (Å²) in [4.78, 5) is 14.6. The Bertz CT molecular complexity index is 428. The smallest absolute Gasteiger partial charge is 0.264 e. The summed E-state index contributed by atoms with van der Waals surface area (Å²) < 4.78 is 4.79. The number of hydrogen-bond donors (Lipinski definition) is 2. The molecule has 0 atom stereocenters. The van der Waals surface area contributed by atoms with E-state index in [0.29, 0.717) is 12.4 Å². The van der Waals surface area contributed by atoms with E-state index in [2.05, 4.69) is 20.5 Å². The Kier molecular flexibility index (Phi) is 2.26. The second-order valence-electron chi connectivity index (χ2n) is 2.64. The van der Waals surface area contributed by atoms with E-state index >= 15 is 0 Å². The van der Waals surface area contributed by atoms with E-state index in [1.165, 1.54) is 12.5 Å². The molecule has 2 heterocycles. The molecule has 6 heteroatoms. The molecular weight excluding hydrogens is 184 g/mol. The molecule has 2 aromatic heterocycles. The van der Waals surface area contributed by atoms with Crippen molar-refractivity contribution in [3.05, 3.63) is 40.8 Å². The molecule has 0 aliphatic carbocycles. The van der Waals surface area contributed by atoms with Crippen molar-refractivity contribution in [1.29, 1.82) is 0 Å². The van der Waals surface area contributed by atoms with Gasteiger partial charge in [0, 0.05) is 6.07 Å². The summed E-state index contributed by atoms with van der Waals surface area (Å²) in [5, 5.41) is 9.06. The minimum atomic E-state index is -0.225. The first-order valence-corrected chi connectivity index (χ1v) is 4.01. The fourth-order valence-corrected chi connectivity index (χ4v) is 0.949. The normalized spacial score (nSPS) is 10.0. The average Bonchev–Trinajstić information content (AvgIpc) is 2.70. The van der Waals surface area contributed by atoms with E-state index < -0.39 is 0 Å². The highest BCUT2D eigenvalue weighted by Gasteiger charge is 1.96. The standard InChI is InChI=1S/C8H8N4O2/c13-8-2-1-7(11-12-8)9-3-6-4-14-5-10-6/h1-2,4-5H,3H2,(H,9,11)(H,12,13). The van der Waals surface area contributed by atoms with Gasteiger partial charge in [-0.25, -0.2) is 10.1 Å². The average molecular weight is 192 g/mol. The fourth-order valence-electron chi connectivity index (χ4n) is 0.949. The van der Waals surface area contributed by atoms with Crippen LogP contribution in [-0.2, 0) is 6.54 Å². The second-order valence-corrected chi connectivity index (χ2v) is 2.64. The zero-order chi connectivity index (χ0) is 9.80. The first-order valence-electron chi connectivity index (χ1n) is 4.01. The van der Waals surface area contributed by atoms with E-state index in [4.69, 9.17) is 4.42 Å². The highest BCUT2D eigenvalue weighted by Crippen LogP contribution is 2.00. The summed E-state index contributed by atoms with van der Waals surface area (Å²) in [5.74, 6) is 0.590. The van der Waals surface area contributed by atoms with E-state index in [0.717, 1.165) is 5.69 Å². The van der Waals surface area contributed by atoms with Crippen LogP contribution in [0, 0.1) is 0 Å². The maximum absolute atomic E-state index is 10.7. The third-order valence-electron chi connectivity index (χ3n) is 1.61. The zero-order valence-corrected chi connectivity index (χ0v) is 7.23. The van der Waals surface area contributed by atoms with Gasteiger partial charge in [0.25, 0.3) is 5.56 Å². The Balaban J connectivity index is 1.99. The zero-order valence-electron chi connectivity index (χ0n) is 7.23. The van der Waals surface area contributed by atoms with Crippen LogP contribution in [0.4, 0.5) is 5.82 Å². The predicted molar refractivity (Wildman–Crippen MR) is 48.7 cm³/mol. The number of H-pyrrole nitrogens is 1. The summed E-state index contributed by atoms with van der Waals surface area (Å²) in [6, 6.07) is 3.00. The van der Waals surface area contributed by atoms with Crippen LogP contribution in [0.2, 0.25) is 0 Å². The molecule has 0 saturated carbocycles. The molecule has 0 unspecified atom stereocenters. The summed E-state index contributed by atoms with van der Waals surface area (Å²) in [6.07, 6.45) is 2.90. The lowest BCUT2D eigenvalue weighted by Crippen LogP contribution is -2.09. The molecule has 0 bridgehead atoms. The van der Waals surface area contributed by atoms with E-state index in [1.54, 1.807) is 12.3 Å². The quantitative estimate of drug-likeness (QED) is 0.734. The van der Waals surface area contributed by atoms with Crippen LogP contribution in [0.3, 0.4) is 0 Å². The van der Waals surface area contributed by atoms with Gasteiger partial charge in [-0.15, -0.1) is 0 Å². The van der Waals surface area contributed by atoms with Gasteiger partial charge in [-0.3, -0.25) is 4.79 Å². The Hall–Kier alpha value is -2.11. The van der Waals surface area contributed by atoms with Crippen LogP contribution in [0.25, 0.3) is 0 Å². The van der Waals surface area contributed by atoms with Crippen LogP contribution in [-0.4, -0.2) is 15.2 Å². The first-order chi connectivity index (χ1) is 6.84. The Morgan fingerprint density at radius 3 is 3.07 bits per heavy atom. The van der Waals surface area contributed by atoms with Crippen molar-refractivity contribution in [2.75, 3.05) is 5.32 Å². The van der Waals surface area contributed by atoms with Crippen molar-refractivity contribution in [3.63, 3.8) is 0 Å². The topological polar surface area (TPSA) is 83.8 Å². The minimum Gasteiger partial charge on any atom is -0.451 e. The number of oxazole rings is 1. The van der Waals surface area contributed by atoms with Crippen molar-refractivity contribution in [2.45, 2.75) is 6.54 Å². The van der Waals surface area contributed by atoms with Gasteiger partial charge < -0.3 is 9.73 Å². The molecule has 0 aromatic carbocycles. The van der Waals surface area contributed by atoms with Gasteiger partial charge in [0.1, 0.15) is 12.1 Å². The lowest BCUT2D eigenvalue weighted by atomic mass is 10.4. The third-order valence-corrected chi connectivity index (χ3v) is 1.61. The molecule has 0 spiro atoms. The molecule has 0 radical (unpaired) electrons. The van der Waals surface area contributed by atoms with Crippen LogP contribution in [0.1, 0.15) is 5.69 Å². The van der Waals surface area contributed by atoms with Crippen LogP contribution >= 0.6 is 0 Å². The summed E-state index contributed by atoms with van der Waals surface area (Å²) in [5.41, 5.74) is 0.551. The van der Waals surface area contributed by atoms with Gasteiger partial charge in [0.2, 0.25) is 0 Å². The maximum atomic E-state index is 10.7. The van der Waals surface area contributed by atoms with Gasteiger partial charge in [0.15, 0.2) is 6.39 Å². The van der Waals surface area contributed by atoms with Crippen molar-refractivity contribution < 1.29 is 4.42 Å². The monoisotopic (exact) mass is 192 g/mol. The van der Waals surface area contributed by atoms with Gasteiger partial charge in [-0.1, -0.05) is 0 Å². The number of aromatic nitrogens is 3. The molecular formula is C8H8N4O2. The minimum absolute atomic E-state index is 0.225. The predicted octanol–water partition coefficient (Wildman–Crippen LogP) is 0.370. The number of nitrogens with zero attached hydrogens (tertiary/aromatic N) is 2. The van der Waals surface area contributed by atoms with E-state index in [1.807, 2.05) is 0 Å². The van der Waals surface area contributed by atoms with Crippen LogP contribution in [0.5, 0.6) is 0 Å². The molecule has 14 heavy (non-hydrogen) atoms. The molecule has 2 aromatic rings. The molecule has 2 rings (SSSR count). The Morgan fingerprint density at radius 1 is 1.50 bits per heavy atom. The number of hydrogen-bond acceptors (Lipinski definition) is 5. The third kappa shape index (κ3) is 1.98. The van der Waals surface area contributed by atoms with Gasteiger partial charge in [-0.05, 0) is 6.07 Å². The van der Waals surface area contributed by atoms with E-state index in [9.17, 15) is 4.79 Å². The van der Waals surface area contributed by atoms with Crippen LogP contribution < -0.4 is 10.9 Å². The SMILES string of the molecule is O=c1ccc(NCc2cocn2)n[nH]1. The molecule has 72 valence electrons. The Labute approximate surface area is 79.0 Å². The van der Waals surface area contributed by atoms with Crippen LogP contribution in [0.15, 0.2) is 34.0 Å². The lowest BCUT2D eigenvalue weighted by Gasteiger charge is -2.00. The molecule has 6 nitrogen and oxygen atoms in total. The maximum Gasteiger partial charge on any atom is 0.264 e. The van der Waals surface area contributed by atoms with E-state index in [-0.39, 0.29) is 5.56 Å². The number of nitrogens with one attached hydrogen (secondary N) is 2. The molecule has 0 aliphatic heterocycles. The first kappa shape index (κ1) is 8.49. The molecule has 0 fully saturated rings. The number of rotatable bonds is 3.